The minimum Gasteiger partial charge on any atom is -0.379 e. The molecule has 9 heavy (non-hydrogen) atoms. The second kappa shape index (κ2) is 5.90. The van der Waals surface area contributed by atoms with E-state index in [0.717, 1.165) is 0 Å². The number of ether oxygens (including phenoxy) is 1. The summed E-state index contributed by atoms with van der Waals surface area (Å²) in [7, 11) is 1.59. The molecule has 0 saturated heterocycles. The summed E-state index contributed by atoms with van der Waals surface area (Å²) in [6.07, 6.45) is 4.95. The average molecular weight is 150 g/mol. The lowest BCUT2D eigenvalue weighted by atomic mass is 10.2. The Kier molecular flexibility index (Phi) is 7.57. The molecule has 54 valence electrons. The van der Waals surface area contributed by atoms with E-state index < -0.39 is 0 Å². The van der Waals surface area contributed by atoms with Gasteiger partial charge in [0.15, 0.2) is 0 Å². The van der Waals surface area contributed by atoms with Crippen molar-refractivity contribution < 1.29 is 4.74 Å². The molecule has 0 aromatic rings. The van der Waals surface area contributed by atoms with Crippen molar-refractivity contribution in [1.29, 1.82) is 0 Å². The van der Waals surface area contributed by atoms with Crippen molar-refractivity contribution in [1.82, 2.24) is 0 Å². The van der Waals surface area contributed by atoms with E-state index in [1.54, 1.807) is 7.11 Å². The van der Waals surface area contributed by atoms with Gasteiger partial charge in [-0.25, -0.2) is 0 Å². The quantitative estimate of drug-likeness (QED) is 0.577. The first kappa shape index (κ1) is 11.6. The van der Waals surface area contributed by atoms with Crippen LogP contribution in [0.15, 0.2) is 0 Å². The Bertz CT molecular complexity index is 99.7. The minimum atomic E-state index is -0.278. The Balaban J connectivity index is 0. The summed E-state index contributed by atoms with van der Waals surface area (Å²) in [5.74, 6) is 2.37. The highest BCUT2D eigenvalue weighted by Crippen LogP contribution is 1.90. The van der Waals surface area contributed by atoms with Crippen LogP contribution in [-0.2, 0) is 4.74 Å². The molecule has 0 aliphatic carbocycles. The molecule has 0 spiro atoms. The molecule has 0 rings (SSSR count). The third-order valence-corrected chi connectivity index (χ3v) is 1.07. The number of methoxy groups -OCH3 is 1. The lowest BCUT2D eigenvalue weighted by Gasteiger charge is -2.10. The molecule has 0 amide bonds. The minimum absolute atomic E-state index is 0. The molecular formula is C6H12ClNO. The van der Waals surface area contributed by atoms with Gasteiger partial charge in [-0.3, -0.25) is 0 Å². The largest absolute Gasteiger partial charge is 0.379 e. The van der Waals surface area contributed by atoms with E-state index in [9.17, 15) is 0 Å². The van der Waals surface area contributed by atoms with Crippen LogP contribution in [0.5, 0.6) is 0 Å². The fraction of sp³-hybridized carbons (Fsp3) is 0.667. The number of terminal acetylenes is 1. The zero-order chi connectivity index (χ0) is 6.57. The monoisotopic (exact) mass is 149 g/mol. The maximum atomic E-state index is 5.37. The van der Waals surface area contributed by atoms with Crippen molar-refractivity contribution in [2.24, 2.45) is 5.73 Å². The van der Waals surface area contributed by atoms with Crippen molar-refractivity contribution in [2.45, 2.75) is 19.1 Å². The second-order valence-corrected chi connectivity index (χ2v) is 1.63. The van der Waals surface area contributed by atoms with Gasteiger partial charge < -0.3 is 10.5 Å². The van der Waals surface area contributed by atoms with Gasteiger partial charge in [0.1, 0.15) is 0 Å². The van der Waals surface area contributed by atoms with E-state index in [2.05, 4.69) is 5.92 Å². The lowest BCUT2D eigenvalue weighted by molar-refractivity contribution is 0.110. The number of rotatable bonds is 2. The van der Waals surface area contributed by atoms with Gasteiger partial charge in [0.25, 0.3) is 0 Å². The van der Waals surface area contributed by atoms with Gasteiger partial charge in [-0.1, -0.05) is 5.92 Å². The van der Waals surface area contributed by atoms with Crippen LogP contribution in [0.2, 0.25) is 0 Å². The third-order valence-electron chi connectivity index (χ3n) is 1.07. The van der Waals surface area contributed by atoms with E-state index >= 15 is 0 Å². The SMILES string of the molecule is C#CC(N)C(C)OC.Cl. The highest BCUT2D eigenvalue weighted by molar-refractivity contribution is 5.85. The van der Waals surface area contributed by atoms with Gasteiger partial charge in [0.2, 0.25) is 0 Å². The molecule has 0 saturated carbocycles. The molecule has 2 nitrogen and oxygen atoms in total. The Morgan fingerprint density at radius 2 is 2.11 bits per heavy atom. The molecule has 3 heteroatoms. The predicted octanol–water partition coefficient (Wildman–Crippen LogP) is 0.404. The Morgan fingerprint density at radius 3 is 2.22 bits per heavy atom. The molecule has 0 fully saturated rings. The molecule has 2 N–H and O–H groups in total. The molecule has 2 atom stereocenters. The second-order valence-electron chi connectivity index (χ2n) is 1.63. The normalized spacial score (nSPS) is 14.9. The fourth-order valence-electron chi connectivity index (χ4n) is 0.282. The lowest BCUT2D eigenvalue weighted by Crippen LogP contribution is -2.31. The summed E-state index contributed by atoms with van der Waals surface area (Å²) in [5.41, 5.74) is 5.37. The molecule has 0 aromatic carbocycles. The van der Waals surface area contributed by atoms with Gasteiger partial charge in [0, 0.05) is 7.11 Å². The zero-order valence-electron chi connectivity index (χ0n) is 5.63. The Hall–Kier alpha value is -0.230. The van der Waals surface area contributed by atoms with Crippen molar-refractivity contribution in [2.75, 3.05) is 7.11 Å². The van der Waals surface area contributed by atoms with Crippen LogP contribution in [0.4, 0.5) is 0 Å². The van der Waals surface area contributed by atoms with E-state index in [1.807, 2.05) is 6.92 Å². The Morgan fingerprint density at radius 1 is 1.67 bits per heavy atom. The van der Waals surface area contributed by atoms with E-state index in [0.29, 0.717) is 0 Å². The first-order chi connectivity index (χ1) is 3.72. The van der Waals surface area contributed by atoms with Gasteiger partial charge in [0.05, 0.1) is 12.1 Å². The predicted molar refractivity (Wildman–Crippen MR) is 40.5 cm³/mol. The molecule has 2 unspecified atom stereocenters. The molecule has 0 bridgehead atoms. The first-order valence-corrected chi connectivity index (χ1v) is 2.47. The number of hydrogen-bond donors (Lipinski definition) is 1. The highest BCUT2D eigenvalue weighted by Gasteiger charge is 2.05. The summed E-state index contributed by atoms with van der Waals surface area (Å²) in [6, 6.07) is -0.278. The molecule has 0 aliphatic rings. The first-order valence-electron chi connectivity index (χ1n) is 2.47. The van der Waals surface area contributed by atoms with Crippen molar-refractivity contribution >= 4 is 12.4 Å². The van der Waals surface area contributed by atoms with Crippen LogP contribution in [0, 0.1) is 12.3 Å². The topological polar surface area (TPSA) is 35.2 Å². The summed E-state index contributed by atoms with van der Waals surface area (Å²) < 4.78 is 4.84. The van der Waals surface area contributed by atoms with Crippen molar-refractivity contribution in [3.05, 3.63) is 0 Å². The van der Waals surface area contributed by atoms with Crippen LogP contribution in [0.3, 0.4) is 0 Å². The van der Waals surface area contributed by atoms with E-state index in [-0.39, 0.29) is 24.6 Å². The van der Waals surface area contributed by atoms with Crippen molar-refractivity contribution in [3.63, 3.8) is 0 Å². The van der Waals surface area contributed by atoms with Gasteiger partial charge in [-0.2, -0.15) is 0 Å². The van der Waals surface area contributed by atoms with Crippen molar-refractivity contribution in [3.8, 4) is 12.3 Å². The summed E-state index contributed by atoms with van der Waals surface area (Å²) in [6.45, 7) is 1.84. The summed E-state index contributed by atoms with van der Waals surface area (Å²) in [5, 5.41) is 0. The number of hydrogen-bond acceptors (Lipinski definition) is 2. The van der Waals surface area contributed by atoms with E-state index in [4.69, 9.17) is 16.9 Å². The van der Waals surface area contributed by atoms with Crippen LogP contribution >= 0.6 is 12.4 Å². The molecule has 0 aliphatic heterocycles. The maximum absolute atomic E-state index is 5.37. The summed E-state index contributed by atoms with van der Waals surface area (Å²) >= 11 is 0. The number of halogens is 1. The zero-order valence-corrected chi connectivity index (χ0v) is 6.44. The summed E-state index contributed by atoms with van der Waals surface area (Å²) in [4.78, 5) is 0. The Labute approximate surface area is 62.2 Å². The fourth-order valence-corrected chi connectivity index (χ4v) is 0.282. The van der Waals surface area contributed by atoms with Crippen LogP contribution < -0.4 is 5.73 Å². The molecule has 0 radical (unpaired) electrons. The highest BCUT2D eigenvalue weighted by atomic mass is 35.5. The van der Waals surface area contributed by atoms with Crippen LogP contribution in [-0.4, -0.2) is 19.3 Å². The van der Waals surface area contributed by atoms with E-state index in [1.165, 1.54) is 0 Å². The van der Waals surface area contributed by atoms with Crippen LogP contribution in [0.25, 0.3) is 0 Å². The van der Waals surface area contributed by atoms with Gasteiger partial charge in [-0.05, 0) is 6.92 Å². The third kappa shape index (κ3) is 4.28. The smallest absolute Gasteiger partial charge is 0.0924 e. The molecular weight excluding hydrogens is 138 g/mol. The molecule has 0 aromatic heterocycles. The van der Waals surface area contributed by atoms with Gasteiger partial charge >= 0.3 is 0 Å². The van der Waals surface area contributed by atoms with Gasteiger partial charge in [-0.15, -0.1) is 18.8 Å². The standard InChI is InChI=1S/C6H11NO.ClH/c1-4-6(7)5(2)8-3;/h1,5-6H,7H2,2-3H3;1H. The maximum Gasteiger partial charge on any atom is 0.0924 e. The average Bonchev–Trinajstić information content (AvgIpc) is 1.84. The van der Waals surface area contributed by atoms with Crippen LogP contribution in [0.1, 0.15) is 6.92 Å². The molecule has 0 heterocycles. The number of nitrogens with two attached hydrogens (primary N) is 1.